The summed E-state index contributed by atoms with van der Waals surface area (Å²) in [5.41, 5.74) is 1.91. The second-order valence-electron chi connectivity index (χ2n) is 6.50. The largest absolute Gasteiger partial charge is 0.493 e. The van der Waals surface area contributed by atoms with Gasteiger partial charge in [-0.15, -0.1) is 0 Å². The molecule has 0 aliphatic heterocycles. The summed E-state index contributed by atoms with van der Waals surface area (Å²) in [5.74, 6) is 1.60. The Balaban J connectivity index is 2.25. The first-order valence-corrected chi connectivity index (χ1v) is 9.36. The third kappa shape index (κ3) is 5.28. The Bertz CT molecular complexity index is 776. The van der Waals surface area contributed by atoms with Gasteiger partial charge in [-0.3, -0.25) is 4.79 Å². The van der Waals surface area contributed by atoms with Gasteiger partial charge in [0, 0.05) is 18.7 Å². The standard InChI is InChI=1S/C23H29NO4/c1-6-17(2)24(16-18-10-8-7-9-11-18)22(25)13-12-19-14-20(26-3)23(28-5)21(15-19)27-4/h7-15,17H,6,16H2,1-5H3/b13-12+/t17-/m1/s1. The molecular formula is C23H29NO4. The van der Waals surface area contributed by atoms with Crippen LogP contribution in [0.5, 0.6) is 17.2 Å². The summed E-state index contributed by atoms with van der Waals surface area (Å²) in [6, 6.07) is 13.8. The molecule has 5 heteroatoms. The fourth-order valence-corrected chi connectivity index (χ4v) is 2.91. The highest BCUT2D eigenvalue weighted by Gasteiger charge is 2.17. The first kappa shape index (κ1) is 21.4. The molecule has 0 aliphatic carbocycles. The quantitative estimate of drug-likeness (QED) is 0.596. The number of ether oxygens (including phenoxy) is 3. The Morgan fingerprint density at radius 1 is 1.04 bits per heavy atom. The monoisotopic (exact) mass is 383 g/mol. The number of hydrogen-bond acceptors (Lipinski definition) is 4. The van der Waals surface area contributed by atoms with E-state index in [4.69, 9.17) is 14.2 Å². The Morgan fingerprint density at radius 2 is 1.64 bits per heavy atom. The number of carbonyl (C=O) groups is 1. The highest BCUT2D eigenvalue weighted by molar-refractivity contribution is 5.92. The van der Waals surface area contributed by atoms with Gasteiger partial charge in [0.25, 0.3) is 0 Å². The van der Waals surface area contributed by atoms with E-state index in [1.807, 2.05) is 47.4 Å². The van der Waals surface area contributed by atoms with Crippen molar-refractivity contribution in [3.63, 3.8) is 0 Å². The van der Waals surface area contributed by atoms with E-state index >= 15 is 0 Å². The van der Waals surface area contributed by atoms with Crippen molar-refractivity contribution >= 4 is 12.0 Å². The van der Waals surface area contributed by atoms with Crippen LogP contribution >= 0.6 is 0 Å². The summed E-state index contributed by atoms with van der Waals surface area (Å²) in [6.45, 7) is 4.72. The molecule has 0 unspecified atom stereocenters. The zero-order chi connectivity index (χ0) is 20.5. The summed E-state index contributed by atoms with van der Waals surface area (Å²) >= 11 is 0. The molecule has 0 saturated carbocycles. The maximum atomic E-state index is 12.9. The van der Waals surface area contributed by atoms with Gasteiger partial charge in [0.05, 0.1) is 21.3 Å². The molecule has 2 rings (SSSR count). The second kappa shape index (κ2) is 10.4. The van der Waals surface area contributed by atoms with Gasteiger partial charge in [-0.05, 0) is 42.7 Å². The first-order valence-electron chi connectivity index (χ1n) is 9.36. The minimum absolute atomic E-state index is 0.0352. The number of rotatable bonds is 9. The number of benzene rings is 2. The lowest BCUT2D eigenvalue weighted by molar-refractivity contribution is -0.128. The van der Waals surface area contributed by atoms with Gasteiger partial charge >= 0.3 is 0 Å². The van der Waals surface area contributed by atoms with Crippen LogP contribution in [0.15, 0.2) is 48.5 Å². The molecule has 0 aromatic heterocycles. The molecule has 5 nitrogen and oxygen atoms in total. The van der Waals surface area contributed by atoms with Gasteiger partial charge in [-0.25, -0.2) is 0 Å². The molecule has 150 valence electrons. The molecule has 0 saturated heterocycles. The van der Waals surface area contributed by atoms with Gasteiger partial charge in [0.1, 0.15) is 0 Å². The predicted molar refractivity (Wildman–Crippen MR) is 112 cm³/mol. The Labute approximate surface area is 167 Å². The number of amides is 1. The topological polar surface area (TPSA) is 48.0 Å². The molecule has 1 amide bonds. The number of nitrogens with zero attached hydrogens (tertiary/aromatic N) is 1. The minimum Gasteiger partial charge on any atom is -0.493 e. The molecular weight excluding hydrogens is 354 g/mol. The normalized spacial score (nSPS) is 11.9. The van der Waals surface area contributed by atoms with Crippen LogP contribution in [-0.4, -0.2) is 38.2 Å². The maximum absolute atomic E-state index is 12.9. The van der Waals surface area contributed by atoms with Crippen LogP contribution in [0, 0.1) is 0 Å². The molecule has 0 bridgehead atoms. The van der Waals surface area contributed by atoms with Crippen molar-refractivity contribution < 1.29 is 19.0 Å². The van der Waals surface area contributed by atoms with Crippen LogP contribution in [0.1, 0.15) is 31.4 Å². The number of carbonyl (C=O) groups excluding carboxylic acids is 1. The van der Waals surface area contributed by atoms with E-state index in [1.165, 1.54) is 0 Å². The third-order valence-corrected chi connectivity index (χ3v) is 4.71. The zero-order valence-electron chi connectivity index (χ0n) is 17.3. The summed E-state index contributed by atoms with van der Waals surface area (Å²) in [4.78, 5) is 14.8. The van der Waals surface area contributed by atoms with Crippen molar-refractivity contribution in [2.45, 2.75) is 32.9 Å². The van der Waals surface area contributed by atoms with E-state index in [2.05, 4.69) is 13.8 Å². The maximum Gasteiger partial charge on any atom is 0.247 e. The lowest BCUT2D eigenvalue weighted by Gasteiger charge is -2.27. The Kier molecular flexibility index (Phi) is 7.93. The van der Waals surface area contributed by atoms with Crippen molar-refractivity contribution in [2.75, 3.05) is 21.3 Å². The van der Waals surface area contributed by atoms with Gasteiger partial charge in [-0.2, -0.15) is 0 Å². The summed E-state index contributed by atoms with van der Waals surface area (Å²) < 4.78 is 16.1. The van der Waals surface area contributed by atoms with E-state index in [1.54, 1.807) is 33.5 Å². The highest BCUT2D eigenvalue weighted by atomic mass is 16.5. The SMILES string of the molecule is CC[C@@H](C)N(Cc1ccccc1)C(=O)/C=C/c1cc(OC)c(OC)c(OC)c1. The molecule has 1 atom stereocenters. The minimum atomic E-state index is -0.0352. The van der Waals surface area contributed by atoms with E-state index in [9.17, 15) is 4.79 Å². The van der Waals surface area contributed by atoms with Gasteiger partial charge in [-0.1, -0.05) is 37.3 Å². The van der Waals surface area contributed by atoms with Crippen LogP contribution in [0.4, 0.5) is 0 Å². The fraction of sp³-hybridized carbons (Fsp3) is 0.348. The van der Waals surface area contributed by atoms with E-state index in [0.29, 0.717) is 23.8 Å². The molecule has 0 fully saturated rings. The lowest BCUT2D eigenvalue weighted by atomic mass is 10.1. The Hall–Kier alpha value is -2.95. The van der Waals surface area contributed by atoms with Crippen molar-refractivity contribution in [2.24, 2.45) is 0 Å². The molecule has 28 heavy (non-hydrogen) atoms. The van der Waals surface area contributed by atoms with Crippen LogP contribution in [0.25, 0.3) is 6.08 Å². The first-order chi connectivity index (χ1) is 13.5. The third-order valence-electron chi connectivity index (χ3n) is 4.71. The van der Waals surface area contributed by atoms with Crippen molar-refractivity contribution in [3.8, 4) is 17.2 Å². The average molecular weight is 383 g/mol. The fourth-order valence-electron chi connectivity index (χ4n) is 2.91. The van der Waals surface area contributed by atoms with Crippen molar-refractivity contribution in [1.29, 1.82) is 0 Å². The van der Waals surface area contributed by atoms with Crippen LogP contribution in [-0.2, 0) is 11.3 Å². The summed E-state index contributed by atoms with van der Waals surface area (Å²) in [5, 5.41) is 0. The van der Waals surface area contributed by atoms with Gasteiger partial charge in [0.2, 0.25) is 11.7 Å². The molecule has 0 N–H and O–H groups in total. The van der Waals surface area contributed by atoms with Crippen molar-refractivity contribution in [3.05, 3.63) is 59.7 Å². The highest BCUT2D eigenvalue weighted by Crippen LogP contribution is 2.38. The average Bonchev–Trinajstić information content (AvgIpc) is 2.74. The molecule has 2 aromatic rings. The van der Waals surface area contributed by atoms with Crippen LogP contribution in [0.3, 0.4) is 0 Å². The predicted octanol–water partition coefficient (Wildman–Crippen LogP) is 4.55. The Morgan fingerprint density at radius 3 is 2.14 bits per heavy atom. The smallest absolute Gasteiger partial charge is 0.247 e. The van der Waals surface area contributed by atoms with E-state index in [-0.39, 0.29) is 11.9 Å². The molecule has 0 radical (unpaired) electrons. The van der Waals surface area contributed by atoms with E-state index in [0.717, 1.165) is 17.5 Å². The second-order valence-corrected chi connectivity index (χ2v) is 6.50. The van der Waals surface area contributed by atoms with Gasteiger partial charge in [0.15, 0.2) is 11.5 Å². The lowest BCUT2D eigenvalue weighted by Crippen LogP contribution is -2.36. The van der Waals surface area contributed by atoms with E-state index < -0.39 is 0 Å². The van der Waals surface area contributed by atoms with Crippen LogP contribution < -0.4 is 14.2 Å². The summed E-state index contributed by atoms with van der Waals surface area (Å²) in [7, 11) is 4.70. The number of hydrogen-bond donors (Lipinski definition) is 0. The van der Waals surface area contributed by atoms with Gasteiger partial charge < -0.3 is 19.1 Å². The van der Waals surface area contributed by atoms with Crippen LogP contribution in [0.2, 0.25) is 0 Å². The van der Waals surface area contributed by atoms with Crippen molar-refractivity contribution in [1.82, 2.24) is 4.90 Å². The molecule has 0 aliphatic rings. The molecule has 0 spiro atoms. The number of methoxy groups -OCH3 is 3. The summed E-state index contributed by atoms with van der Waals surface area (Å²) in [6.07, 6.45) is 4.25. The zero-order valence-corrected chi connectivity index (χ0v) is 17.3. The molecule has 2 aromatic carbocycles. The molecule has 0 heterocycles.